The summed E-state index contributed by atoms with van der Waals surface area (Å²) in [6.07, 6.45) is 0.404. The Labute approximate surface area is 95.6 Å². The summed E-state index contributed by atoms with van der Waals surface area (Å²) in [6, 6.07) is 3.29. The van der Waals surface area contributed by atoms with Crippen molar-refractivity contribution in [2.24, 2.45) is 5.73 Å². The Morgan fingerprint density at radius 3 is 2.62 bits per heavy atom. The predicted octanol–water partition coefficient (Wildman–Crippen LogP) is 0.928. The van der Waals surface area contributed by atoms with Crippen molar-refractivity contribution in [2.45, 2.75) is 26.3 Å². The molecule has 1 aromatic rings. The number of rotatable bonds is 3. The molecule has 4 heteroatoms. The first kappa shape index (κ1) is 12.5. The van der Waals surface area contributed by atoms with E-state index in [-0.39, 0.29) is 0 Å². The maximum absolute atomic E-state index is 11.2. The van der Waals surface area contributed by atoms with E-state index < -0.39 is 12.0 Å². The van der Waals surface area contributed by atoms with Gasteiger partial charge in [0.25, 0.3) is 0 Å². The van der Waals surface area contributed by atoms with Gasteiger partial charge in [0.2, 0.25) is 0 Å². The molecule has 1 aromatic carbocycles. The number of hydrogen-bond acceptors (Lipinski definition) is 4. The molecule has 1 atom stereocenters. The summed E-state index contributed by atoms with van der Waals surface area (Å²) < 4.78 is 4.58. The van der Waals surface area contributed by atoms with Crippen LogP contribution in [0.3, 0.4) is 0 Å². The van der Waals surface area contributed by atoms with Crippen LogP contribution in [0.25, 0.3) is 0 Å². The quantitative estimate of drug-likeness (QED) is 0.589. The van der Waals surface area contributed by atoms with Gasteiger partial charge in [0.1, 0.15) is 6.04 Å². The average molecular weight is 222 g/mol. The molecule has 0 unspecified atom stereocenters. The zero-order valence-electron chi connectivity index (χ0n) is 9.91. The summed E-state index contributed by atoms with van der Waals surface area (Å²) in [5, 5.41) is 0. The minimum Gasteiger partial charge on any atom is -0.468 e. The first-order chi connectivity index (χ1) is 7.45. The largest absolute Gasteiger partial charge is 0.468 e. The van der Waals surface area contributed by atoms with Crippen LogP contribution in [-0.2, 0) is 16.0 Å². The van der Waals surface area contributed by atoms with Crippen molar-refractivity contribution in [1.82, 2.24) is 0 Å². The van der Waals surface area contributed by atoms with Crippen molar-refractivity contribution >= 4 is 11.7 Å². The lowest BCUT2D eigenvalue weighted by Gasteiger charge is -2.13. The van der Waals surface area contributed by atoms with Crippen LogP contribution < -0.4 is 11.5 Å². The number of ether oxygens (including phenoxy) is 1. The molecule has 1 rings (SSSR count). The normalized spacial score (nSPS) is 12.2. The Balaban J connectivity index is 2.93. The van der Waals surface area contributed by atoms with Crippen LogP contribution in [0.1, 0.15) is 16.7 Å². The molecule has 0 radical (unpaired) electrons. The monoisotopic (exact) mass is 222 g/mol. The number of anilines is 1. The second kappa shape index (κ2) is 4.99. The van der Waals surface area contributed by atoms with E-state index in [4.69, 9.17) is 11.5 Å². The zero-order chi connectivity index (χ0) is 12.3. The van der Waals surface area contributed by atoms with Gasteiger partial charge in [0.15, 0.2) is 0 Å². The second-order valence-corrected chi connectivity index (χ2v) is 3.99. The van der Waals surface area contributed by atoms with Gasteiger partial charge in [-0.05, 0) is 25.0 Å². The molecule has 0 saturated heterocycles. The molecule has 4 nitrogen and oxygen atoms in total. The Kier molecular flexibility index (Phi) is 3.90. The summed E-state index contributed by atoms with van der Waals surface area (Å²) in [7, 11) is 1.33. The summed E-state index contributed by atoms with van der Waals surface area (Å²) in [5.41, 5.74) is 15.3. The smallest absolute Gasteiger partial charge is 0.322 e. The van der Waals surface area contributed by atoms with Gasteiger partial charge in [-0.15, -0.1) is 0 Å². The van der Waals surface area contributed by atoms with Crippen LogP contribution in [0.2, 0.25) is 0 Å². The van der Waals surface area contributed by atoms with E-state index in [0.29, 0.717) is 12.1 Å². The third-order valence-electron chi connectivity index (χ3n) is 2.56. The summed E-state index contributed by atoms with van der Waals surface area (Å²) in [6.45, 7) is 3.93. The number of methoxy groups -OCH3 is 1. The predicted molar refractivity (Wildman–Crippen MR) is 64.0 cm³/mol. The first-order valence-corrected chi connectivity index (χ1v) is 5.14. The molecule has 0 aliphatic rings. The molecule has 0 fully saturated rings. The van der Waals surface area contributed by atoms with Gasteiger partial charge in [-0.2, -0.15) is 0 Å². The Hall–Kier alpha value is -1.55. The number of aryl methyl sites for hydroxylation is 2. The summed E-state index contributed by atoms with van der Waals surface area (Å²) in [5.74, 6) is -0.418. The van der Waals surface area contributed by atoms with E-state index in [1.165, 1.54) is 7.11 Å². The highest BCUT2D eigenvalue weighted by Gasteiger charge is 2.16. The molecule has 0 aliphatic heterocycles. The number of carbonyl (C=O) groups excluding carboxylic acids is 1. The number of benzene rings is 1. The molecule has 4 N–H and O–H groups in total. The molecule has 0 aliphatic carbocycles. The fraction of sp³-hybridized carbons (Fsp3) is 0.417. The lowest BCUT2D eigenvalue weighted by atomic mass is 9.99. The van der Waals surface area contributed by atoms with Crippen molar-refractivity contribution in [3.63, 3.8) is 0 Å². The van der Waals surface area contributed by atoms with Crippen molar-refractivity contribution in [2.75, 3.05) is 12.8 Å². The highest BCUT2D eigenvalue weighted by molar-refractivity contribution is 5.76. The highest BCUT2D eigenvalue weighted by atomic mass is 16.5. The van der Waals surface area contributed by atoms with Gasteiger partial charge in [-0.1, -0.05) is 17.7 Å². The van der Waals surface area contributed by atoms with Crippen LogP contribution >= 0.6 is 0 Å². The fourth-order valence-electron chi connectivity index (χ4n) is 1.71. The van der Waals surface area contributed by atoms with Crippen LogP contribution in [0.5, 0.6) is 0 Å². The first-order valence-electron chi connectivity index (χ1n) is 5.14. The highest BCUT2D eigenvalue weighted by Crippen LogP contribution is 2.20. The number of hydrogen-bond donors (Lipinski definition) is 2. The third kappa shape index (κ3) is 2.73. The Morgan fingerprint density at radius 2 is 2.06 bits per heavy atom. The van der Waals surface area contributed by atoms with Crippen LogP contribution in [0, 0.1) is 13.8 Å². The number of nitrogen functional groups attached to an aromatic ring is 1. The standard InChI is InChI=1S/C12H18N2O2/c1-7-4-8(2)11(14)9(5-7)6-10(13)12(15)16-3/h4-5,10H,6,13-14H2,1-3H3/t10-/m0/s1. The maximum Gasteiger partial charge on any atom is 0.322 e. The number of nitrogens with two attached hydrogens (primary N) is 2. The van der Waals surface area contributed by atoms with E-state index in [0.717, 1.165) is 16.7 Å². The van der Waals surface area contributed by atoms with Gasteiger partial charge in [0, 0.05) is 12.1 Å². The molecule has 0 amide bonds. The minimum atomic E-state index is -0.659. The van der Waals surface area contributed by atoms with E-state index >= 15 is 0 Å². The van der Waals surface area contributed by atoms with Gasteiger partial charge in [-0.25, -0.2) is 0 Å². The summed E-state index contributed by atoms with van der Waals surface area (Å²) in [4.78, 5) is 11.2. The van der Waals surface area contributed by atoms with Crippen molar-refractivity contribution in [3.8, 4) is 0 Å². The SMILES string of the molecule is COC(=O)[C@@H](N)Cc1cc(C)cc(C)c1N. The van der Waals surface area contributed by atoms with Crippen molar-refractivity contribution in [3.05, 3.63) is 28.8 Å². The van der Waals surface area contributed by atoms with E-state index in [1.807, 2.05) is 26.0 Å². The molecule has 0 spiro atoms. The van der Waals surface area contributed by atoms with Crippen LogP contribution in [-0.4, -0.2) is 19.1 Å². The second-order valence-electron chi connectivity index (χ2n) is 3.99. The van der Waals surface area contributed by atoms with E-state index in [9.17, 15) is 4.79 Å². The third-order valence-corrected chi connectivity index (χ3v) is 2.56. The molecule has 88 valence electrons. The van der Waals surface area contributed by atoms with Crippen molar-refractivity contribution in [1.29, 1.82) is 0 Å². The van der Waals surface area contributed by atoms with Crippen molar-refractivity contribution < 1.29 is 9.53 Å². The van der Waals surface area contributed by atoms with Gasteiger partial charge >= 0.3 is 5.97 Å². The van der Waals surface area contributed by atoms with Gasteiger partial charge in [-0.3, -0.25) is 4.79 Å². The summed E-state index contributed by atoms with van der Waals surface area (Å²) >= 11 is 0. The minimum absolute atomic E-state index is 0.404. The molecular formula is C12H18N2O2. The number of carbonyl (C=O) groups is 1. The molecular weight excluding hydrogens is 204 g/mol. The zero-order valence-corrected chi connectivity index (χ0v) is 9.91. The van der Waals surface area contributed by atoms with Gasteiger partial charge < -0.3 is 16.2 Å². The Bertz CT molecular complexity index is 402. The molecule has 0 bridgehead atoms. The lowest BCUT2D eigenvalue weighted by molar-refractivity contribution is -0.142. The fourth-order valence-corrected chi connectivity index (χ4v) is 1.71. The van der Waals surface area contributed by atoms with Crippen LogP contribution in [0.15, 0.2) is 12.1 Å². The maximum atomic E-state index is 11.2. The van der Waals surface area contributed by atoms with E-state index in [1.54, 1.807) is 0 Å². The molecule has 0 saturated carbocycles. The topological polar surface area (TPSA) is 78.3 Å². The lowest BCUT2D eigenvalue weighted by Crippen LogP contribution is -2.33. The van der Waals surface area contributed by atoms with E-state index in [2.05, 4.69) is 4.74 Å². The molecule has 0 heterocycles. The van der Waals surface area contributed by atoms with Gasteiger partial charge in [0.05, 0.1) is 7.11 Å². The van der Waals surface area contributed by atoms with Crippen LogP contribution in [0.4, 0.5) is 5.69 Å². The Morgan fingerprint density at radius 1 is 1.44 bits per heavy atom. The average Bonchev–Trinajstić information content (AvgIpc) is 2.23. The molecule has 0 aromatic heterocycles. The molecule has 16 heavy (non-hydrogen) atoms. The number of esters is 1.